The Bertz CT molecular complexity index is 525. The molecular weight excluding hydrogens is 282 g/mol. The summed E-state index contributed by atoms with van der Waals surface area (Å²) in [7, 11) is 3.35. The van der Waals surface area contributed by atoms with Crippen LogP contribution in [-0.4, -0.2) is 53.5 Å². The molecule has 0 saturated carbocycles. The monoisotopic (exact) mass is 309 g/mol. The van der Waals surface area contributed by atoms with Crippen molar-refractivity contribution in [2.75, 3.05) is 26.8 Å². The van der Waals surface area contributed by atoms with Gasteiger partial charge in [0.05, 0.1) is 18.9 Å². The SMILES string of the molecule is COc1c(C(=O)N2CC[C@@H](OCCC(C)C)C2)c(C)nn1C. The Morgan fingerprint density at radius 2 is 2.18 bits per heavy atom. The number of nitrogens with zero attached hydrogens (tertiary/aromatic N) is 3. The van der Waals surface area contributed by atoms with E-state index >= 15 is 0 Å². The second-order valence-corrected chi connectivity index (χ2v) is 6.31. The lowest BCUT2D eigenvalue weighted by molar-refractivity contribution is 0.0483. The topological polar surface area (TPSA) is 56.6 Å². The lowest BCUT2D eigenvalue weighted by Crippen LogP contribution is -2.30. The van der Waals surface area contributed by atoms with Crippen LogP contribution in [0.15, 0.2) is 0 Å². The van der Waals surface area contributed by atoms with Crippen LogP contribution in [0.25, 0.3) is 0 Å². The first-order valence-electron chi connectivity index (χ1n) is 7.92. The molecule has 0 radical (unpaired) electrons. The van der Waals surface area contributed by atoms with E-state index in [1.165, 1.54) is 0 Å². The van der Waals surface area contributed by atoms with Crippen molar-refractivity contribution in [2.24, 2.45) is 13.0 Å². The number of amides is 1. The lowest BCUT2D eigenvalue weighted by Gasteiger charge is -2.17. The number of aromatic nitrogens is 2. The molecule has 0 aromatic carbocycles. The third-order valence-electron chi connectivity index (χ3n) is 4.06. The quantitative estimate of drug-likeness (QED) is 0.806. The zero-order chi connectivity index (χ0) is 16.3. The van der Waals surface area contributed by atoms with E-state index in [9.17, 15) is 4.79 Å². The van der Waals surface area contributed by atoms with Crippen LogP contribution in [0.1, 0.15) is 42.7 Å². The van der Waals surface area contributed by atoms with Crippen molar-refractivity contribution < 1.29 is 14.3 Å². The normalized spacial score (nSPS) is 18.3. The largest absolute Gasteiger partial charge is 0.481 e. The number of carbonyl (C=O) groups is 1. The van der Waals surface area contributed by atoms with E-state index in [0.717, 1.165) is 26.0 Å². The first-order chi connectivity index (χ1) is 10.4. The average Bonchev–Trinajstić information content (AvgIpc) is 3.02. The summed E-state index contributed by atoms with van der Waals surface area (Å²) in [6, 6.07) is 0. The van der Waals surface area contributed by atoms with Crippen molar-refractivity contribution in [3.05, 3.63) is 11.3 Å². The van der Waals surface area contributed by atoms with Gasteiger partial charge in [-0.3, -0.25) is 4.79 Å². The Balaban J connectivity index is 1.97. The first kappa shape index (κ1) is 16.8. The van der Waals surface area contributed by atoms with Crippen molar-refractivity contribution in [2.45, 2.75) is 39.7 Å². The molecular formula is C16H27N3O3. The van der Waals surface area contributed by atoms with Gasteiger partial charge in [-0.2, -0.15) is 5.10 Å². The molecule has 6 heteroatoms. The molecule has 1 fully saturated rings. The van der Waals surface area contributed by atoms with Gasteiger partial charge in [-0.1, -0.05) is 13.8 Å². The van der Waals surface area contributed by atoms with Crippen LogP contribution in [-0.2, 0) is 11.8 Å². The van der Waals surface area contributed by atoms with Crippen LogP contribution in [0.2, 0.25) is 0 Å². The predicted octanol–water partition coefficient (Wildman–Crippen LogP) is 2.01. The van der Waals surface area contributed by atoms with Crippen LogP contribution >= 0.6 is 0 Å². The van der Waals surface area contributed by atoms with Gasteiger partial charge in [0.15, 0.2) is 0 Å². The third kappa shape index (κ3) is 3.61. The molecule has 0 unspecified atom stereocenters. The maximum Gasteiger partial charge on any atom is 0.261 e. The van der Waals surface area contributed by atoms with Gasteiger partial charge in [-0.25, -0.2) is 4.68 Å². The summed E-state index contributed by atoms with van der Waals surface area (Å²) in [4.78, 5) is 14.6. The fourth-order valence-corrected chi connectivity index (χ4v) is 2.79. The number of ether oxygens (including phenoxy) is 2. The number of methoxy groups -OCH3 is 1. The Kier molecular flexibility index (Phi) is 5.45. The number of likely N-dealkylation sites (tertiary alicyclic amines) is 1. The summed E-state index contributed by atoms with van der Waals surface area (Å²) in [6.07, 6.45) is 2.09. The highest BCUT2D eigenvalue weighted by Crippen LogP contribution is 2.25. The van der Waals surface area contributed by atoms with Gasteiger partial charge in [0.25, 0.3) is 5.91 Å². The summed E-state index contributed by atoms with van der Waals surface area (Å²) >= 11 is 0. The van der Waals surface area contributed by atoms with Crippen LogP contribution in [0.3, 0.4) is 0 Å². The number of aryl methyl sites for hydroxylation is 2. The highest BCUT2D eigenvalue weighted by atomic mass is 16.5. The Labute approximate surface area is 132 Å². The molecule has 1 atom stereocenters. The number of rotatable bonds is 6. The molecule has 1 aromatic rings. The van der Waals surface area contributed by atoms with E-state index in [4.69, 9.17) is 9.47 Å². The van der Waals surface area contributed by atoms with Gasteiger partial charge in [0.2, 0.25) is 5.88 Å². The number of hydrogen-bond donors (Lipinski definition) is 0. The van der Waals surface area contributed by atoms with Crippen LogP contribution in [0.4, 0.5) is 0 Å². The van der Waals surface area contributed by atoms with Gasteiger partial charge >= 0.3 is 0 Å². The lowest BCUT2D eigenvalue weighted by atomic mass is 10.1. The van der Waals surface area contributed by atoms with Gasteiger partial charge in [-0.15, -0.1) is 0 Å². The van der Waals surface area contributed by atoms with Gasteiger partial charge in [0.1, 0.15) is 5.56 Å². The highest BCUT2D eigenvalue weighted by Gasteiger charge is 2.31. The third-order valence-corrected chi connectivity index (χ3v) is 4.06. The number of hydrogen-bond acceptors (Lipinski definition) is 4. The van der Waals surface area contributed by atoms with Gasteiger partial charge < -0.3 is 14.4 Å². The molecule has 124 valence electrons. The van der Waals surface area contributed by atoms with Crippen LogP contribution in [0, 0.1) is 12.8 Å². The fourth-order valence-electron chi connectivity index (χ4n) is 2.79. The Morgan fingerprint density at radius 3 is 2.82 bits per heavy atom. The smallest absolute Gasteiger partial charge is 0.261 e. The average molecular weight is 309 g/mol. The van der Waals surface area contributed by atoms with Crippen molar-refractivity contribution in [3.63, 3.8) is 0 Å². The predicted molar refractivity (Wildman–Crippen MR) is 84.2 cm³/mol. The Hall–Kier alpha value is -1.56. The summed E-state index contributed by atoms with van der Waals surface area (Å²) in [5.74, 6) is 1.14. The zero-order valence-electron chi connectivity index (χ0n) is 14.3. The minimum atomic E-state index is -0.0163. The van der Waals surface area contributed by atoms with E-state index in [-0.39, 0.29) is 12.0 Å². The van der Waals surface area contributed by atoms with Crippen LogP contribution in [0.5, 0.6) is 5.88 Å². The fraction of sp³-hybridized carbons (Fsp3) is 0.750. The summed E-state index contributed by atoms with van der Waals surface area (Å²) in [5, 5.41) is 4.28. The van der Waals surface area contributed by atoms with E-state index in [1.807, 2.05) is 11.8 Å². The van der Waals surface area contributed by atoms with Crippen molar-refractivity contribution in [1.29, 1.82) is 0 Å². The molecule has 2 rings (SSSR count). The van der Waals surface area contributed by atoms with E-state index in [0.29, 0.717) is 29.6 Å². The number of carbonyl (C=O) groups excluding carboxylic acids is 1. The maximum absolute atomic E-state index is 12.7. The molecule has 2 heterocycles. The van der Waals surface area contributed by atoms with Crippen molar-refractivity contribution in [1.82, 2.24) is 14.7 Å². The molecule has 1 aliphatic rings. The maximum atomic E-state index is 12.7. The van der Waals surface area contributed by atoms with E-state index in [2.05, 4.69) is 18.9 Å². The summed E-state index contributed by atoms with van der Waals surface area (Å²) in [5.41, 5.74) is 1.27. The standard InChI is InChI=1S/C16H27N3O3/c1-11(2)7-9-22-13-6-8-19(10-13)15(20)14-12(3)17-18(4)16(14)21-5/h11,13H,6-10H2,1-5H3/t13-/m1/s1. The molecule has 0 N–H and O–H groups in total. The zero-order valence-corrected chi connectivity index (χ0v) is 14.3. The molecule has 1 aromatic heterocycles. The second-order valence-electron chi connectivity index (χ2n) is 6.31. The van der Waals surface area contributed by atoms with Crippen LogP contribution < -0.4 is 4.74 Å². The van der Waals surface area contributed by atoms with E-state index < -0.39 is 0 Å². The summed E-state index contributed by atoms with van der Waals surface area (Å²) < 4.78 is 12.8. The molecule has 1 saturated heterocycles. The first-order valence-corrected chi connectivity index (χ1v) is 7.92. The van der Waals surface area contributed by atoms with E-state index in [1.54, 1.807) is 18.8 Å². The highest BCUT2D eigenvalue weighted by molar-refractivity contribution is 5.97. The van der Waals surface area contributed by atoms with Crippen molar-refractivity contribution >= 4 is 5.91 Å². The second kappa shape index (κ2) is 7.13. The molecule has 22 heavy (non-hydrogen) atoms. The molecule has 0 aliphatic carbocycles. The van der Waals surface area contributed by atoms with Gasteiger partial charge in [-0.05, 0) is 25.7 Å². The van der Waals surface area contributed by atoms with Crippen molar-refractivity contribution in [3.8, 4) is 5.88 Å². The molecule has 6 nitrogen and oxygen atoms in total. The molecule has 0 spiro atoms. The minimum Gasteiger partial charge on any atom is -0.481 e. The molecule has 1 amide bonds. The minimum absolute atomic E-state index is 0.0163. The molecule has 0 bridgehead atoms. The summed E-state index contributed by atoms with van der Waals surface area (Å²) in [6.45, 7) is 8.34. The molecule has 1 aliphatic heterocycles. The van der Waals surface area contributed by atoms with Gasteiger partial charge in [0, 0.05) is 26.7 Å². The Morgan fingerprint density at radius 1 is 1.45 bits per heavy atom.